The van der Waals surface area contributed by atoms with Gasteiger partial charge in [0.05, 0.1) is 0 Å². The molecule has 0 saturated carbocycles. The molecular weight excluding hydrogens is 294 g/mol. The third-order valence-corrected chi connectivity index (χ3v) is 4.47. The summed E-state index contributed by atoms with van der Waals surface area (Å²) in [6.07, 6.45) is 3.99. The highest BCUT2D eigenvalue weighted by Crippen LogP contribution is 2.33. The first kappa shape index (κ1) is 16.5. The fourth-order valence-electron chi connectivity index (χ4n) is 3.51. The highest BCUT2D eigenvalue weighted by Gasteiger charge is 2.36. The molecular formula is C17H27N3O3. The van der Waals surface area contributed by atoms with Crippen LogP contribution in [0.1, 0.15) is 26.7 Å². The molecule has 2 unspecified atom stereocenters. The predicted octanol–water partition coefficient (Wildman–Crippen LogP) is 1.80. The van der Waals surface area contributed by atoms with Crippen LogP contribution in [0, 0.1) is 0 Å². The summed E-state index contributed by atoms with van der Waals surface area (Å²) in [6, 6.07) is 5.28. The molecule has 23 heavy (non-hydrogen) atoms. The molecule has 6 nitrogen and oxygen atoms in total. The fourth-order valence-corrected chi connectivity index (χ4v) is 3.51. The second-order valence-corrected chi connectivity index (χ2v) is 5.95. The molecule has 2 aliphatic heterocycles. The van der Waals surface area contributed by atoms with Gasteiger partial charge in [0, 0.05) is 56.3 Å². The maximum absolute atomic E-state index is 5.79. The fraction of sp³-hybridized carbons (Fsp3) is 0.706. The topological polar surface area (TPSA) is 55.9 Å². The monoisotopic (exact) mass is 321 g/mol. The molecule has 2 fully saturated rings. The predicted molar refractivity (Wildman–Crippen MR) is 88.9 cm³/mol. The number of rotatable bonds is 8. The second-order valence-electron chi connectivity index (χ2n) is 5.95. The van der Waals surface area contributed by atoms with Gasteiger partial charge in [0.2, 0.25) is 5.88 Å². The van der Waals surface area contributed by atoms with Crippen molar-refractivity contribution in [3.63, 3.8) is 0 Å². The molecule has 0 amide bonds. The average Bonchev–Trinajstić information content (AvgIpc) is 2.82. The molecule has 2 bridgehead atoms. The number of pyridine rings is 1. The van der Waals surface area contributed by atoms with Crippen molar-refractivity contribution in [3.8, 4) is 5.88 Å². The Morgan fingerprint density at radius 1 is 1.22 bits per heavy atom. The summed E-state index contributed by atoms with van der Waals surface area (Å²) in [4.78, 5) is 6.84. The first-order valence-corrected chi connectivity index (χ1v) is 8.63. The van der Waals surface area contributed by atoms with Gasteiger partial charge in [-0.1, -0.05) is 0 Å². The van der Waals surface area contributed by atoms with Gasteiger partial charge in [0.15, 0.2) is 6.29 Å². The van der Waals surface area contributed by atoms with E-state index in [4.69, 9.17) is 14.2 Å². The van der Waals surface area contributed by atoms with E-state index < -0.39 is 0 Å². The lowest BCUT2D eigenvalue weighted by Crippen LogP contribution is -2.52. The zero-order valence-corrected chi connectivity index (χ0v) is 14.0. The van der Waals surface area contributed by atoms with Gasteiger partial charge in [0.25, 0.3) is 0 Å². The largest absolute Gasteiger partial charge is 0.472 e. The van der Waals surface area contributed by atoms with E-state index in [0.29, 0.717) is 37.8 Å². The Morgan fingerprint density at radius 3 is 2.57 bits per heavy atom. The number of nitrogens with zero attached hydrogens (tertiary/aromatic N) is 2. The minimum absolute atomic E-state index is 0.342. The van der Waals surface area contributed by atoms with E-state index in [0.717, 1.165) is 13.1 Å². The van der Waals surface area contributed by atoms with Crippen molar-refractivity contribution >= 4 is 5.69 Å². The van der Waals surface area contributed by atoms with Crippen LogP contribution < -0.4 is 15.0 Å². The highest BCUT2D eigenvalue weighted by molar-refractivity contribution is 5.52. The molecule has 1 aromatic heterocycles. The normalized spacial score (nSPS) is 23.5. The van der Waals surface area contributed by atoms with Gasteiger partial charge in [-0.15, -0.1) is 0 Å². The van der Waals surface area contributed by atoms with Crippen molar-refractivity contribution in [2.24, 2.45) is 0 Å². The smallest absolute Gasteiger partial charge is 0.215 e. The minimum atomic E-state index is -0.342. The standard InChI is InChI=1S/C17H27N3O3/c1-3-21-17(22-4-2)12-23-16-9-13(7-8-19-16)20-14-5-6-15(20)11-18-10-14/h7-9,14-15,17-18H,3-6,10-12H2,1-2H3. The van der Waals surface area contributed by atoms with Crippen molar-refractivity contribution in [3.05, 3.63) is 18.3 Å². The van der Waals surface area contributed by atoms with E-state index in [9.17, 15) is 0 Å². The van der Waals surface area contributed by atoms with E-state index in [-0.39, 0.29) is 6.29 Å². The summed E-state index contributed by atoms with van der Waals surface area (Å²) in [5.41, 5.74) is 1.20. The molecule has 0 aliphatic carbocycles. The maximum Gasteiger partial charge on any atom is 0.215 e. The number of anilines is 1. The zero-order valence-electron chi connectivity index (χ0n) is 14.0. The molecule has 1 N–H and O–H groups in total. The first-order chi connectivity index (χ1) is 11.3. The van der Waals surface area contributed by atoms with Gasteiger partial charge in [0.1, 0.15) is 6.61 Å². The van der Waals surface area contributed by atoms with Crippen LogP contribution in [0.5, 0.6) is 5.88 Å². The number of nitrogens with one attached hydrogen (secondary N) is 1. The van der Waals surface area contributed by atoms with E-state index in [1.165, 1.54) is 18.5 Å². The summed E-state index contributed by atoms with van der Waals surface area (Å²) < 4.78 is 16.8. The van der Waals surface area contributed by atoms with Crippen molar-refractivity contribution in [1.82, 2.24) is 10.3 Å². The quantitative estimate of drug-likeness (QED) is 0.737. The Morgan fingerprint density at radius 2 is 1.91 bits per heavy atom. The number of piperazine rings is 1. The maximum atomic E-state index is 5.79. The van der Waals surface area contributed by atoms with Gasteiger partial charge in [-0.3, -0.25) is 0 Å². The van der Waals surface area contributed by atoms with Crippen molar-refractivity contribution in [1.29, 1.82) is 0 Å². The van der Waals surface area contributed by atoms with Crippen LogP contribution in [0.25, 0.3) is 0 Å². The van der Waals surface area contributed by atoms with Crippen LogP contribution in [0.3, 0.4) is 0 Å². The van der Waals surface area contributed by atoms with Gasteiger partial charge < -0.3 is 24.4 Å². The molecule has 0 spiro atoms. The number of hydrogen-bond acceptors (Lipinski definition) is 6. The van der Waals surface area contributed by atoms with Crippen LogP contribution in [0.2, 0.25) is 0 Å². The average molecular weight is 321 g/mol. The summed E-state index contributed by atoms with van der Waals surface area (Å²) >= 11 is 0. The van der Waals surface area contributed by atoms with Crippen LogP contribution >= 0.6 is 0 Å². The summed E-state index contributed by atoms with van der Waals surface area (Å²) in [5.74, 6) is 0.629. The summed E-state index contributed by atoms with van der Waals surface area (Å²) in [5, 5.41) is 3.51. The van der Waals surface area contributed by atoms with Crippen LogP contribution in [0.4, 0.5) is 5.69 Å². The van der Waals surface area contributed by atoms with Crippen LogP contribution in [0.15, 0.2) is 18.3 Å². The second kappa shape index (κ2) is 7.95. The van der Waals surface area contributed by atoms with E-state index in [1.54, 1.807) is 0 Å². The SMILES string of the molecule is CCOC(COc1cc(N2C3CCC2CNC3)ccn1)OCC. The van der Waals surface area contributed by atoms with Crippen molar-refractivity contribution in [2.75, 3.05) is 37.8 Å². The van der Waals surface area contributed by atoms with Gasteiger partial charge >= 0.3 is 0 Å². The van der Waals surface area contributed by atoms with Gasteiger partial charge in [-0.2, -0.15) is 0 Å². The number of fused-ring (bicyclic) bond motifs is 2. The van der Waals surface area contributed by atoms with Crippen molar-refractivity contribution < 1.29 is 14.2 Å². The lowest BCUT2D eigenvalue weighted by atomic mass is 10.2. The molecule has 3 rings (SSSR count). The molecule has 1 aromatic rings. The Bertz CT molecular complexity index is 478. The zero-order chi connectivity index (χ0) is 16.1. The molecule has 0 radical (unpaired) electrons. The minimum Gasteiger partial charge on any atom is -0.472 e. The Kier molecular flexibility index (Phi) is 5.70. The van der Waals surface area contributed by atoms with Crippen LogP contribution in [-0.2, 0) is 9.47 Å². The molecule has 2 saturated heterocycles. The highest BCUT2D eigenvalue weighted by atomic mass is 16.7. The number of aromatic nitrogens is 1. The Labute approximate surface area is 138 Å². The molecule has 128 valence electrons. The molecule has 3 heterocycles. The van der Waals surface area contributed by atoms with Crippen LogP contribution in [-0.4, -0.2) is 56.3 Å². The van der Waals surface area contributed by atoms with E-state index >= 15 is 0 Å². The molecule has 6 heteroatoms. The van der Waals surface area contributed by atoms with E-state index in [2.05, 4.69) is 21.3 Å². The lowest BCUT2D eigenvalue weighted by Gasteiger charge is -2.37. The van der Waals surface area contributed by atoms with Crippen molar-refractivity contribution in [2.45, 2.75) is 45.1 Å². The Hall–Kier alpha value is -1.37. The number of ether oxygens (including phenoxy) is 3. The van der Waals surface area contributed by atoms with E-state index in [1.807, 2.05) is 26.1 Å². The molecule has 0 aromatic carbocycles. The summed E-state index contributed by atoms with van der Waals surface area (Å²) in [7, 11) is 0. The molecule has 2 atom stereocenters. The third kappa shape index (κ3) is 3.94. The Balaban J connectivity index is 1.63. The van der Waals surface area contributed by atoms with Gasteiger partial charge in [-0.25, -0.2) is 4.98 Å². The third-order valence-electron chi connectivity index (χ3n) is 4.47. The first-order valence-electron chi connectivity index (χ1n) is 8.63. The summed E-state index contributed by atoms with van der Waals surface area (Å²) in [6.45, 7) is 7.58. The number of hydrogen-bond donors (Lipinski definition) is 1. The lowest BCUT2D eigenvalue weighted by molar-refractivity contribution is -0.152. The molecule has 2 aliphatic rings. The van der Waals surface area contributed by atoms with Gasteiger partial charge in [-0.05, 0) is 32.8 Å².